The third-order valence-corrected chi connectivity index (χ3v) is 6.64. The SMILES string of the molecule is CCc1ccc(C(N)C(=O)N2CC(N)=C(C=NSc3ccc4c(c3)N4OSC)C2)cc1C. The molecule has 2 aromatic rings. The maximum absolute atomic E-state index is 13.0. The number of carbonyl (C=O) groups excluding carboxylic acids is 1. The topological polar surface area (TPSA) is 97.0 Å². The number of carbonyl (C=O) groups is 1. The van der Waals surface area contributed by atoms with Crippen molar-refractivity contribution in [3.05, 3.63) is 64.4 Å². The van der Waals surface area contributed by atoms with E-state index in [-0.39, 0.29) is 5.91 Å². The Morgan fingerprint density at radius 3 is 2.78 bits per heavy atom. The lowest BCUT2D eigenvalue weighted by Crippen LogP contribution is -2.38. The van der Waals surface area contributed by atoms with Crippen LogP contribution in [0.25, 0.3) is 0 Å². The molecular formula is C23H27N5O2S2. The van der Waals surface area contributed by atoms with Gasteiger partial charge in [-0.2, -0.15) is 4.28 Å². The van der Waals surface area contributed by atoms with Crippen LogP contribution in [0.4, 0.5) is 11.4 Å². The predicted molar refractivity (Wildman–Crippen MR) is 133 cm³/mol. The molecule has 1 unspecified atom stereocenters. The molecule has 0 fully saturated rings. The molecule has 2 heterocycles. The Kier molecular flexibility index (Phi) is 6.80. The molecule has 9 heteroatoms. The number of nitrogens with zero attached hydrogens (tertiary/aromatic N) is 3. The first kappa shape index (κ1) is 22.7. The first-order valence-electron chi connectivity index (χ1n) is 10.4. The fourth-order valence-corrected chi connectivity index (χ4v) is 4.67. The van der Waals surface area contributed by atoms with Crippen LogP contribution >= 0.6 is 24.0 Å². The van der Waals surface area contributed by atoms with Crippen molar-refractivity contribution in [3.63, 3.8) is 0 Å². The highest BCUT2D eigenvalue weighted by Gasteiger charge is 2.31. The second-order valence-corrected chi connectivity index (χ2v) is 9.12. The zero-order valence-corrected chi connectivity index (χ0v) is 20.0. The molecule has 2 aliphatic rings. The smallest absolute Gasteiger partial charge is 0.244 e. The highest BCUT2D eigenvalue weighted by Crippen LogP contribution is 2.50. The molecule has 2 aliphatic heterocycles. The van der Waals surface area contributed by atoms with Crippen molar-refractivity contribution in [2.75, 3.05) is 24.4 Å². The van der Waals surface area contributed by atoms with E-state index >= 15 is 0 Å². The largest absolute Gasteiger partial charge is 0.400 e. The highest BCUT2D eigenvalue weighted by molar-refractivity contribution is 7.98. The van der Waals surface area contributed by atoms with Crippen molar-refractivity contribution in [1.82, 2.24) is 4.90 Å². The zero-order valence-electron chi connectivity index (χ0n) is 18.4. The summed E-state index contributed by atoms with van der Waals surface area (Å²) in [7, 11) is 0. The summed E-state index contributed by atoms with van der Waals surface area (Å²) in [6.45, 7) is 4.94. The lowest BCUT2D eigenvalue weighted by atomic mass is 9.99. The van der Waals surface area contributed by atoms with Crippen molar-refractivity contribution < 1.29 is 9.08 Å². The molecule has 0 spiro atoms. The Balaban J connectivity index is 1.34. The van der Waals surface area contributed by atoms with Crippen molar-refractivity contribution in [1.29, 1.82) is 0 Å². The van der Waals surface area contributed by atoms with Crippen molar-refractivity contribution in [2.45, 2.75) is 31.2 Å². The second kappa shape index (κ2) is 9.58. The van der Waals surface area contributed by atoms with Gasteiger partial charge in [0.1, 0.15) is 6.04 Å². The Morgan fingerprint density at radius 2 is 2.06 bits per heavy atom. The number of anilines is 2. The van der Waals surface area contributed by atoms with Crippen LogP contribution in [-0.2, 0) is 15.5 Å². The number of hydrogen-bond acceptors (Lipinski definition) is 8. The maximum Gasteiger partial charge on any atom is 0.244 e. The van der Waals surface area contributed by atoms with Gasteiger partial charge in [0.25, 0.3) is 0 Å². The maximum atomic E-state index is 13.0. The van der Waals surface area contributed by atoms with E-state index in [1.54, 1.807) is 16.2 Å². The lowest BCUT2D eigenvalue weighted by Gasteiger charge is -2.21. The molecular weight excluding hydrogens is 442 g/mol. The van der Waals surface area contributed by atoms with Gasteiger partial charge in [-0.25, -0.2) is 9.46 Å². The van der Waals surface area contributed by atoms with Crippen LogP contribution in [0.15, 0.2) is 57.0 Å². The molecule has 1 amide bonds. The predicted octanol–water partition coefficient (Wildman–Crippen LogP) is 4.05. The summed E-state index contributed by atoms with van der Waals surface area (Å²) in [5.74, 6) is -0.132. The first-order chi connectivity index (χ1) is 15.4. The summed E-state index contributed by atoms with van der Waals surface area (Å²) in [5.41, 5.74) is 19.3. The first-order valence-corrected chi connectivity index (χ1v) is 12.3. The average Bonchev–Trinajstić information content (AvgIpc) is 3.34. The minimum Gasteiger partial charge on any atom is -0.400 e. The summed E-state index contributed by atoms with van der Waals surface area (Å²) in [6.07, 6.45) is 4.57. The quantitative estimate of drug-likeness (QED) is 0.260. The molecule has 32 heavy (non-hydrogen) atoms. The van der Waals surface area contributed by atoms with E-state index in [0.29, 0.717) is 18.8 Å². The highest BCUT2D eigenvalue weighted by atomic mass is 32.2. The molecule has 0 saturated heterocycles. The standard InChI is InChI=1S/C23H27N5O2S2/c1-4-15-5-6-16(9-14(15)2)22(25)23(29)27-12-17(19(24)13-27)11-26-32-18-7-8-20-21(10-18)28(20)30-31-3/h5-11,22H,4,12-13,24-25H2,1-3H3. The average molecular weight is 470 g/mol. The normalized spacial score (nSPS) is 16.1. The molecule has 0 radical (unpaired) electrons. The van der Waals surface area contributed by atoms with E-state index in [9.17, 15) is 4.79 Å². The van der Waals surface area contributed by atoms with Gasteiger partial charge in [-0.05, 0) is 48.2 Å². The van der Waals surface area contributed by atoms with Gasteiger partial charge in [-0.1, -0.05) is 25.1 Å². The monoisotopic (exact) mass is 469 g/mol. The summed E-state index contributed by atoms with van der Waals surface area (Å²) < 4.78 is 9.87. The summed E-state index contributed by atoms with van der Waals surface area (Å²) in [5, 5.41) is 1.78. The van der Waals surface area contributed by atoms with Gasteiger partial charge in [0.05, 0.1) is 17.9 Å². The number of benzene rings is 2. The number of hydrogen-bond donors (Lipinski definition) is 2. The van der Waals surface area contributed by atoms with Crippen LogP contribution in [0.1, 0.15) is 29.7 Å². The van der Waals surface area contributed by atoms with E-state index in [0.717, 1.165) is 39.4 Å². The van der Waals surface area contributed by atoms with Crippen LogP contribution < -0.4 is 16.5 Å². The molecule has 0 aliphatic carbocycles. The van der Waals surface area contributed by atoms with Gasteiger partial charge in [0.15, 0.2) is 0 Å². The van der Waals surface area contributed by atoms with Crippen molar-refractivity contribution in [2.24, 2.45) is 15.9 Å². The molecule has 0 aromatic heterocycles. The van der Waals surface area contributed by atoms with Crippen LogP contribution in [0.2, 0.25) is 0 Å². The molecule has 168 valence electrons. The van der Waals surface area contributed by atoms with E-state index < -0.39 is 6.04 Å². The third-order valence-electron chi connectivity index (χ3n) is 5.67. The summed E-state index contributed by atoms with van der Waals surface area (Å²) in [6, 6.07) is 11.3. The van der Waals surface area contributed by atoms with Crippen LogP contribution in [-0.4, -0.2) is 36.4 Å². The van der Waals surface area contributed by atoms with Crippen molar-refractivity contribution >= 4 is 47.5 Å². The fraction of sp³-hybridized carbons (Fsp3) is 0.304. The van der Waals surface area contributed by atoms with Gasteiger partial charge in [-0.15, -0.1) is 0 Å². The number of nitrogens with two attached hydrogens (primary N) is 2. The Hall–Kier alpha value is -2.46. The Morgan fingerprint density at radius 1 is 1.25 bits per heavy atom. The van der Waals surface area contributed by atoms with Gasteiger partial charge >= 0.3 is 0 Å². The van der Waals surface area contributed by atoms with Gasteiger partial charge in [0, 0.05) is 59.2 Å². The molecule has 2 aromatic carbocycles. The summed E-state index contributed by atoms with van der Waals surface area (Å²) in [4.78, 5) is 15.7. The van der Waals surface area contributed by atoms with E-state index in [1.165, 1.54) is 29.6 Å². The fourth-order valence-electron chi connectivity index (χ4n) is 3.77. The number of rotatable bonds is 8. The van der Waals surface area contributed by atoms with E-state index in [2.05, 4.69) is 11.3 Å². The third kappa shape index (κ3) is 4.66. The lowest BCUT2D eigenvalue weighted by molar-refractivity contribution is -0.131. The minimum atomic E-state index is -0.705. The minimum absolute atomic E-state index is 0.132. The van der Waals surface area contributed by atoms with E-state index in [4.69, 9.17) is 15.8 Å². The van der Waals surface area contributed by atoms with Gasteiger partial charge in [-0.3, -0.25) is 4.79 Å². The Bertz CT molecular complexity index is 1100. The summed E-state index contributed by atoms with van der Waals surface area (Å²) >= 11 is 2.66. The molecule has 4 rings (SSSR count). The molecule has 1 atom stereocenters. The van der Waals surface area contributed by atoms with Crippen molar-refractivity contribution in [3.8, 4) is 0 Å². The molecule has 7 nitrogen and oxygen atoms in total. The molecule has 0 saturated carbocycles. The second-order valence-electron chi connectivity index (χ2n) is 7.77. The van der Waals surface area contributed by atoms with Gasteiger partial charge < -0.3 is 16.4 Å². The number of fused-ring (bicyclic) bond motifs is 1. The molecule has 0 bridgehead atoms. The van der Waals surface area contributed by atoms with Crippen LogP contribution in [0.3, 0.4) is 0 Å². The van der Waals surface area contributed by atoms with Crippen LogP contribution in [0, 0.1) is 6.92 Å². The van der Waals surface area contributed by atoms with Gasteiger partial charge in [0.2, 0.25) is 5.91 Å². The molecule has 4 N–H and O–H groups in total. The number of aryl methyl sites for hydroxylation is 2. The Labute approximate surface area is 197 Å². The zero-order chi connectivity index (χ0) is 22.8. The number of amides is 1. The van der Waals surface area contributed by atoms with Crippen LogP contribution in [0.5, 0.6) is 0 Å². The van der Waals surface area contributed by atoms with E-state index in [1.807, 2.05) is 49.6 Å².